The molecule has 1 aromatic rings. The van der Waals surface area contributed by atoms with Gasteiger partial charge in [0.25, 0.3) is 0 Å². The van der Waals surface area contributed by atoms with E-state index in [0.29, 0.717) is 12.8 Å². The molecule has 3 nitrogen and oxygen atoms in total. The summed E-state index contributed by atoms with van der Waals surface area (Å²) in [6.07, 6.45) is 4.19. The van der Waals surface area contributed by atoms with E-state index in [1.165, 1.54) is 24.8 Å². The van der Waals surface area contributed by atoms with E-state index < -0.39 is 0 Å². The monoisotopic (exact) mass is 233 g/mol. The summed E-state index contributed by atoms with van der Waals surface area (Å²) in [7, 11) is 0. The molecule has 1 fully saturated rings. The van der Waals surface area contributed by atoms with Gasteiger partial charge < -0.3 is 14.8 Å². The Balaban J connectivity index is 1.62. The average Bonchev–Trinajstić information content (AvgIpc) is 2.73. The zero-order valence-corrected chi connectivity index (χ0v) is 10.2. The van der Waals surface area contributed by atoms with Crippen LogP contribution >= 0.6 is 0 Å². The highest BCUT2D eigenvalue weighted by atomic mass is 16.7. The molecule has 0 aromatic heterocycles. The first kappa shape index (κ1) is 10.9. The third kappa shape index (κ3) is 2.25. The van der Waals surface area contributed by atoms with Gasteiger partial charge in [0.15, 0.2) is 11.5 Å². The van der Waals surface area contributed by atoms with Gasteiger partial charge in [-0.1, -0.05) is 12.5 Å². The molecule has 0 spiro atoms. The Kier molecular flexibility index (Phi) is 2.93. The van der Waals surface area contributed by atoms with Crippen molar-refractivity contribution in [2.75, 3.05) is 13.3 Å². The zero-order chi connectivity index (χ0) is 11.7. The molecule has 3 heteroatoms. The summed E-state index contributed by atoms with van der Waals surface area (Å²) in [5.74, 6) is 2.63. The van der Waals surface area contributed by atoms with Gasteiger partial charge in [0.05, 0.1) is 0 Å². The molecule has 1 atom stereocenters. The summed E-state index contributed by atoms with van der Waals surface area (Å²) in [6.45, 7) is 3.69. The quantitative estimate of drug-likeness (QED) is 0.867. The number of nitrogens with one attached hydrogen (secondary N) is 1. The van der Waals surface area contributed by atoms with Crippen molar-refractivity contribution in [3.63, 3.8) is 0 Å². The first-order chi connectivity index (χ1) is 8.33. The van der Waals surface area contributed by atoms with Crippen LogP contribution in [0.15, 0.2) is 18.2 Å². The lowest BCUT2D eigenvalue weighted by Gasteiger charge is -2.27. The molecule has 1 aliphatic heterocycles. The lowest BCUT2D eigenvalue weighted by atomic mass is 9.85. The van der Waals surface area contributed by atoms with E-state index >= 15 is 0 Å². The molecule has 0 saturated heterocycles. The summed E-state index contributed by atoms with van der Waals surface area (Å²) in [6, 6.07) is 6.58. The van der Waals surface area contributed by atoms with Crippen molar-refractivity contribution in [3.8, 4) is 11.5 Å². The Morgan fingerprint density at radius 2 is 2.12 bits per heavy atom. The predicted octanol–water partition coefficient (Wildman–Crippen LogP) is 2.87. The standard InChI is InChI=1S/C14H19NO2/c1-10(15-8-11-3-2-4-11)12-5-6-13-14(7-12)17-9-16-13/h5-7,10-11,15H,2-4,8-9H2,1H3. The third-order valence-corrected chi connectivity index (χ3v) is 3.83. The maximum absolute atomic E-state index is 5.40. The van der Waals surface area contributed by atoms with Crippen LogP contribution in [-0.2, 0) is 0 Å². The van der Waals surface area contributed by atoms with E-state index in [1.807, 2.05) is 6.07 Å². The lowest BCUT2D eigenvalue weighted by Crippen LogP contribution is -2.29. The number of rotatable bonds is 4. The van der Waals surface area contributed by atoms with Gasteiger partial charge in [-0.05, 0) is 49.9 Å². The smallest absolute Gasteiger partial charge is 0.231 e. The number of hydrogen-bond donors (Lipinski definition) is 1. The first-order valence-corrected chi connectivity index (χ1v) is 6.46. The van der Waals surface area contributed by atoms with Crippen LogP contribution in [0.2, 0.25) is 0 Å². The van der Waals surface area contributed by atoms with Crippen LogP contribution in [0.4, 0.5) is 0 Å². The van der Waals surface area contributed by atoms with Crippen LogP contribution in [0.1, 0.15) is 37.8 Å². The van der Waals surface area contributed by atoms with Gasteiger partial charge in [-0.25, -0.2) is 0 Å². The first-order valence-electron chi connectivity index (χ1n) is 6.46. The van der Waals surface area contributed by atoms with Gasteiger partial charge in [-0.2, -0.15) is 0 Å². The Labute approximate surface area is 102 Å². The van der Waals surface area contributed by atoms with Crippen molar-refractivity contribution in [1.82, 2.24) is 5.32 Å². The molecular formula is C14H19NO2. The van der Waals surface area contributed by atoms with Crippen LogP contribution in [0.5, 0.6) is 11.5 Å². The molecule has 1 unspecified atom stereocenters. The van der Waals surface area contributed by atoms with E-state index in [9.17, 15) is 0 Å². The Bertz CT molecular complexity index is 401. The molecule has 0 bridgehead atoms. The SMILES string of the molecule is CC(NCC1CCC1)c1ccc2c(c1)OCO2. The van der Waals surface area contributed by atoms with Crippen molar-refractivity contribution < 1.29 is 9.47 Å². The minimum atomic E-state index is 0.350. The molecule has 1 heterocycles. The number of ether oxygens (including phenoxy) is 2. The summed E-state index contributed by atoms with van der Waals surface area (Å²) >= 11 is 0. The van der Waals surface area contributed by atoms with Crippen LogP contribution < -0.4 is 14.8 Å². The highest BCUT2D eigenvalue weighted by Gasteiger charge is 2.19. The lowest BCUT2D eigenvalue weighted by molar-refractivity contribution is 0.174. The minimum Gasteiger partial charge on any atom is -0.454 e. The second-order valence-corrected chi connectivity index (χ2v) is 5.04. The topological polar surface area (TPSA) is 30.5 Å². The van der Waals surface area contributed by atoms with Crippen LogP contribution in [0.3, 0.4) is 0 Å². The molecule has 1 aromatic carbocycles. The summed E-state index contributed by atoms with van der Waals surface area (Å²) in [5.41, 5.74) is 1.27. The van der Waals surface area contributed by atoms with Gasteiger partial charge in [-0.15, -0.1) is 0 Å². The average molecular weight is 233 g/mol. The third-order valence-electron chi connectivity index (χ3n) is 3.83. The molecule has 17 heavy (non-hydrogen) atoms. The fourth-order valence-corrected chi connectivity index (χ4v) is 2.34. The molecule has 3 rings (SSSR count). The fraction of sp³-hybridized carbons (Fsp3) is 0.571. The van der Waals surface area contributed by atoms with E-state index in [1.54, 1.807) is 0 Å². The molecule has 0 amide bonds. The van der Waals surface area contributed by atoms with Crippen molar-refractivity contribution in [1.29, 1.82) is 0 Å². The number of hydrogen-bond acceptors (Lipinski definition) is 3. The van der Waals surface area contributed by atoms with E-state index in [0.717, 1.165) is 24.0 Å². The van der Waals surface area contributed by atoms with Crippen LogP contribution in [0.25, 0.3) is 0 Å². The highest BCUT2D eigenvalue weighted by Crippen LogP contribution is 2.34. The van der Waals surface area contributed by atoms with Gasteiger partial charge in [0.1, 0.15) is 0 Å². The molecule has 0 radical (unpaired) electrons. The Morgan fingerprint density at radius 1 is 1.29 bits per heavy atom. The summed E-state index contributed by atoms with van der Waals surface area (Å²) in [5, 5.41) is 3.60. The molecule has 1 aliphatic carbocycles. The molecular weight excluding hydrogens is 214 g/mol. The maximum atomic E-state index is 5.40. The van der Waals surface area contributed by atoms with E-state index in [2.05, 4.69) is 24.4 Å². The van der Waals surface area contributed by atoms with Gasteiger partial charge in [0, 0.05) is 6.04 Å². The highest BCUT2D eigenvalue weighted by molar-refractivity contribution is 5.45. The van der Waals surface area contributed by atoms with Crippen molar-refractivity contribution in [2.45, 2.75) is 32.2 Å². The van der Waals surface area contributed by atoms with Crippen molar-refractivity contribution in [3.05, 3.63) is 23.8 Å². The molecule has 1 saturated carbocycles. The number of fused-ring (bicyclic) bond motifs is 1. The molecule has 1 N–H and O–H groups in total. The summed E-state index contributed by atoms with van der Waals surface area (Å²) in [4.78, 5) is 0. The normalized spacial score (nSPS) is 20.1. The van der Waals surface area contributed by atoms with Crippen LogP contribution in [-0.4, -0.2) is 13.3 Å². The Morgan fingerprint density at radius 3 is 2.88 bits per heavy atom. The predicted molar refractivity (Wildman–Crippen MR) is 66.3 cm³/mol. The van der Waals surface area contributed by atoms with Gasteiger partial charge in [-0.3, -0.25) is 0 Å². The molecule has 2 aliphatic rings. The molecule has 92 valence electrons. The van der Waals surface area contributed by atoms with Crippen LogP contribution in [0, 0.1) is 5.92 Å². The largest absolute Gasteiger partial charge is 0.454 e. The van der Waals surface area contributed by atoms with Gasteiger partial charge in [0.2, 0.25) is 6.79 Å². The minimum absolute atomic E-state index is 0.350. The fourth-order valence-electron chi connectivity index (χ4n) is 2.34. The van der Waals surface area contributed by atoms with Crippen molar-refractivity contribution in [2.24, 2.45) is 5.92 Å². The van der Waals surface area contributed by atoms with Crippen molar-refractivity contribution >= 4 is 0 Å². The summed E-state index contributed by atoms with van der Waals surface area (Å²) < 4.78 is 10.7. The van der Waals surface area contributed by atoms with Gasteiger partial charge >= 0.3 is 0 Å². The second kappa shape index (κ2) is 4.57. The van der Waals surface area contributed by atoms with E-state index in [-0.39, 0.29) is 0 Å². The zero-order valence-electron chi connectivity index (χ0n) is 10.2. The Hall–Kier alpha value is -1.22. The second-order valence-electron chi connectivity index (χ2n) is 5.04. The number of benzene rings is 1. The maximum Gasteiger partial charge on any atom is 0.231 e. The van der Waals surface area contributed by atoms with E-state index in [4.69, 9.17) is 9.47 Å².